The average Bonchev–Trinajstić information content (AvgIpc) is 2.77. The van der Waals surface area contributed by atoms with Crippen LogP contribution >= 0.6 is 0 Å². The Bertz CT molecular complexity index is 913. The van der Waals surface area contributed by atoms with Gasteiger partial charge in [0.15, 0.2) is 0 Å². The molecule has 2 heterocycles. The van der Waals surface area contributed by atoms with Crippen LogP contribution in [0, 0.1) is 5.82 Å². The molecule has 1 saturated heterocycles. The summed E-state index contributed by atoms with van der Waals surface area (Å²) >= 11 is 0. The smallest absolute Gasteiger partial charge is 0.317 e. The lowest BCUT2D eigenvalue weighted by atomic mass is 10.00. The lowest BCUT2D eigenvalue weighted by Gasteiger charge is -2.31. The Morgan fingerprint density at radius 2 is 1.97 bits per heavy atom. The fourth-order valence-corrected chi connectivity index (χ4v) is 4.15. The average molecular weight is 413 g/mol. The van der Waals surface area contributed by atoms with E-state index >= 15 is 0 Å². The van der Waals surface area contributed by atoms with E-state index in [2.05, 4.69) is 11.4 Å². The van der Waals surface area contributed by atoms with E-state index in [1.165, 1.54) is 11.6 Å². The van der Waals surface area contributed by atoms with Crippen molar-refractivity contribution in [3.05, 3.63) is 58.9 Å². The third-order valence-corrected chi connectivity index (χ3v) is 5.97. The number of hydrogen-bond acceptors (Lipinski definition) is 4. The summed E-state index contributed by atoms with van der Waals surface area (Å²) in [6, 6.07) is 10.9. The number of nitrogens with one attached hydrogen (secondary N) is 1. The third kappa shape index (κ3) is 4.51. The van der Waals surface area contributed by atoms with Gasteiger partial charge in [-0.15, -0.1) is 0 Å². The number of anilines is 1. The second-order valence-corrected chi connectivity index (χ2v) is 7.97. The first-order valence-electron chi connectivity index (χ1n) is 10.4. The zero-order valence-electron chi connectivity index (χ0n) is 17.2. The Labute approximate surface area is 176 Å². The number of nitrogens with zero attached hydrogens (tertiary/aromatic N) is 2. The maximum atomic E-state index is 14.6. The van der Waals surface area contributed by atoms with Gasteiger partial charge in [-0.3, -0.25) is 0 Å². The van der Waals surface area contributed by atoms with Crippen molar-refractivity contribution < 1.29 is 19.0 Å². The quantitative estimate of drug-likeness (QED) is 0.809. The van der Waals surface area contributed by atoms with Crippen molar-refractivity contribution in [2.45, 2.75) is 38.5 Å². The van der Waals surface area contributed by atoms with Gasteiger partial charge in [-0.05, 0) is 60.2 Å². The highest BCUT2D eigenvalue weighted by molar-refractivity contribution is 5.74. The normalized spacial score (nSPS) is 16.9. The van der Waals surface area contributed by atoms with Crippen LogP contribution in [0.2, 0.25) is 0 Å². The number of carbonyl (C=O) groups excluding carboxylic acids is 1. The van der Waals surface area contributed by atoms with Crippen molar-refractivity contribution in [2.24, 2.45) is 0 Å². The number of urea groups is 1. The lowest BCUT2D eigenvalue weighted by Crippen LogP contribution is -2.42. The molecule has 2 amide bonds. The number of carbonyl (C=O) groups is 1. The van der Waals surface area contributed by atoms with Crippen molar-refractivity contribution in [1.82, 2.24) is 10.2 Å². The van der Waals surface area contributed by atoms with Gasteiger partial charge in [0.25, 0.3) is 0 Å². The molecule has 2 aromatic rings. The molecule has 2 aromatic carbocycles. The molecule has 160 valence electrons. The van der Waals surface area contributed by atoms with E-state index < -0.39 is 0 Å². The number of benzene rings is 2. The number of piperidine rings is 1. The highest BCUT2D eigenvalue weighted by Crippen LogP contribution is 2.25. The van der Waals surface area contributed by atoms with Crippen LogP contribution in [0.4, 0.5) is 14.9 Å². The van der Waals surface area contributed by atoms with Crippen LogP contribution in [0.25, 0.3) is 0 Å². The number of methoxy groups -OCH3 is 1. The van der Waals surface area contributed by atoms with Crippen LogP contribution in [0.5, 0.6) is 5.75 Å². The van der Waals surface area contributed by atoms with E-state index in [9.17, 15) is 14.3 Å². The third-order valence-electron chi connectivity index (χ3n) is 5.97. The maximum Gasteiger partial charge on any atom is 0.317 e. The Balaban J connectivity index is 1.34. The Morgan fingerprint density at radius 3 is 2.70 bits per heavy atom. The van der Waals surface area contributed by atoms with E-state index in [-0.39, 0.29) is 24.5 Å². The minimum Gasteiger partial charge on any atom is -0.497 e. The number of halogens is 1. The molecule has 0 unspecified atom stereocenters. The molecule has 0 saturated carbocycles. The van der Waals surface area contributed by atoms with Gasteiger partial charge in [0, 0.05) is 32.7 Å². The van der Waals surface area contributed by atoms with Gasteiger partial charge in [0.05, 0.1) is 18.9 Å². The van der Waals surface area contributed by atoms with Crippen LogP contribution in [-0.4, -0.2) is 48.9 Å². The van der Waals surface area contributed by atoms with Gasteiger partial charge in [-0.25, -0.2) is 9.18 Å². The molecule has 0 atom stereocenters. The number of fused-ring (bicyclic) bond motifs is 1. The van der Waals surface area contributed by atoms with Crippen LogP contribution in [0.15, 0.2) is 36.4 Å². The largest absolute Gasteiger partial charge is 0.497 e. The topological polar surface area (TPSA) is 65.0 Å². The molecule has 1 fully saturated rings. The van der Waals surface area contributed by atoms with E-state index in [0.717, 1.165) is 23.3 Å². The predicted octanol–water partition coefficient (Wildman–Crippen LogP) is 3.06. The molecule has 2 aliphatic rings. The Morgan fingerprint density at radius 1 is 1.17 bits per heavy atom. The summed E-state index contributed by atoms with van der Waals surface area (Å²) < 4.78 is 19.9. The molecule has 6 nitrogen and oxygen atoms in total. The molecule has 4 rings (SSSR count). The van der Waals surface area contributed by atoms with Gasteiger partial charge in [0.2, 0.25) is 0 Å². The number of rotatable bonds is 4. The SMILES string of the molecule is COc1ccc2c(c1)CN(C(=O)NCc1ccc(N3CCC(O)CC3)c(F)c1)CC2. The highest BCUT2D eigenvalue weighted by atomic mass is 19.1. The number of aliphatic hydroxyl groups excluding tert-OH is 1. The van der Waals surface area contributed by atoms with Crippen molar-refractivity contribution in [3.8, 4) is 5.75 Å². The fourth-order valence-electron chi connectivity index (χ4n) is 4.15. The Kier molecular flexibility index (Phi) is 6.08. The minimum absolute atomic E-state index is 0.155. The van der Waals surface area contributed by atoms with Gasteiger partial charge in [-0.1, -0.05) is 12.1 Å². The van der Waals surface area contributed by atoms with Crippen LogP contribution < -0.4 is 15.0 Å². The maximum absolute atomic E-state index is 14.6. The molecule has 0 bridgehead atoms. The molecule has 30 heavy (non-hydrogen) atoms. The summed E-state index contributed by atoms with van der Waals surface area (Å²) in [6.07, 6.45) is 1.83. The predicted molar refractivity (Wildman–Crippen MR) is 113 cm³/mol. The van der Waals surface area contributed by atoms with Crippen molar-refractivity contribution in [1.29, 1.82) is 0 Å². The van der Waals surface area contributed by atoms with Crippen LogP contribution in [0.1, 0.15) is 29.5 Å². The summed E-state index contributed by atoms with van der Waals surface area (Å²) in [6.45, 7) is 2.76. The zero-order valence-corrected chi connectivity index (χ0v) is 17.2. The monoisotopic (exact) mass is 413 g/mol. The van der Waals surface area contributed by atoms with E-state index in [1.54, 1.807) is 18.1 Å². The molecule has 2 N–H and O–H groups in total. The summed E-state index contributed by atoms with van der Waals surface area (Å²) in [5.74, 6) is 0.493. The van der Waals surface area contributed by atoms with E-state index in [1.807, 2.05) is 23.1 Å². The molecule has 2 aliphatic heterocycles. The summed E-state index contributed by atoms with van der Waals surface area (Å²) in [7, 11) is 1.63. The second-order valence-electron chi connectivity index (χ2n) is 7.97. The number of ether oxygens (including phenoxy) is 1. The van der Waals surface area contributed by atoms with Crippen molar-refractivity contribution in [2.75, 3.05) is 31.6 Å². The molecular formula is C23H28FN3O3. The Hall–Kier alpha value is -2.80. The molecule has 0 aliphatic carbocycles. The van der Waals surface area contributed by atoms with E-state index in [4.69, 9.17) is 4.74 Å². The highest BCUT2D eigenvalue weighted by Gasteiger charge is 2.22. The summed E-state index contributed by atoms with van der Waals surface area (Å²) in [5.41, 5.74) is 3.61. The van der Waals surface area contributed by atoms with E-state index in [0.29, 0.717) is 44.7 Å². The standard InChI is InChI=1S/C23H28FN3O3/c1-30-20-4-3-17-6-9-27(15-18(17)13-20)23(29)25-14-16-2-5-22(21(24)12-16)26-10-7-19(28)8-11-26/h2-5,12-13,19,28H,6-11,14-15H2,1H3,(H,25,29). The number of hydrogen-bond donors (Lipinski definition) is 2. The molecule has 7 heteroatoms. The van der Waals surface area contributed by atoms with Gasteiger partial charge >= 0.3 is 6.03 Å². The molecule has 0 aromatic heterocycles. The number of aliphatic hydroxyl groups is 1. The zero-order chi connectivity index (χ0) is 21.1. The molecular weight excluding hydrogens is 385 g/mol. The summed E-state index contributed by atoms with van der Waals surface area (Å²) in [4.78, 5) is 16.4. The van der Waals surface area contributed by atoms with Gasteiger partial charge in [0.1, 0.15) is 11.6 Å². The molecule has 0 radical (unpaired) electrons. The van der Waals surface area contributed by atoms with Crippen molar-refractivity contribution >= 4 is 11.7 Å². The summed E-state index contributed by atoms with van der Waals surface area (Å²) in [5, 5.41) is 12.5. The first-order chi connectivity index (χ1) is 14.5. The van der Waals surface area contributed by atoms with Gasteiger partial charge < -0.3 is 25.0 Å². The van der Waals surface area contributed by atoms with Gasteiger partial charge in [-0.2, -0.15) is 0 Å². The fraction of sp³-hybridized carbons (Fsp3) is 0.435. The molecule has 0 spiro atoms. The van der Waals surface area contributed by atoms with Crippen molar-refractivity contribution in [3.63, 3.8) is 0 Å². The lowest BCUT2D eigenvalue weighted by molar-refractivity contribution is 0.145. The first-order valence-corrected chi connectivity index (χ1v) is 10.4. The number of amides is 2. The van der Waals surface area contributed by atoms with Crippen LogP contribution in [0.3, 0.4) is 0 Å². The second kappa shape index (κ2) is 8.92. The first kappa shape index (κ1) is 20.5. The minimum atomic E-state index is -0.294. The van der Waals surface area contributed by atoms with Crippen LogP contribution in [-0.2, 0) is 19.5 Å².